The van der Waals surface area contributed by atoms with Crippen molar-refractivity contribution in [2.24, 2.45) is 11.8 Å². The first-order valence-corrected chi connectivity index (χ1v) is 7.27. The van der Waals surface area contributed by atoms with Gasteiger partial charge in [0.05, 0.1) is 26.2 Å². The Kier molecular flexibility index (Phi) is 5.60. The van der Waals surface area contributed by atoms with Gasteiger partial charge in [0.15, 0.2) is 0 Å². The zero-order valence-corrected chi connectivity index (χ0v) is 12.1. The van der Waals surface area contributed by atoms with E-state index in [1.165, 1.54) is 7.11 Å². The molecule has 2 saturated heterocycles. The molecule has 0 spiro atoms. The van der Waals surface area contributed by atoms with Crippen molar-refractivity contribution in [1.29, 1.82) is 0 Å². The van der Waals surface area contributed by atoms with Crippen molar-refractivity contribution in [2.45, 2.75) is 12.8 Å². The molecule has 0 aromatic heterocycles. The number of piperidine rings is 1. The Morgan fingerprint density at radius 2 is 1.89 bits per heavy atom. The van der Waals surface area contributed by atoms with E-state index in [9.17, 15) is 4.79 Å². The van der Waals surface area contributed by atoms with Crippen LogP contribution >= 0.6 is 0 Å². The van der Waals surface area contributed by atoms with E-state index in [1.807, 2.05) is 0 Å². The Hall–Kier alpha value is -0.650. The minimum Gasteiger partial charge on any atom is -0.469 e. The predicted octanol–water partition coefficient (Wildman–Crippen LogP) is 0.450. The van der Waals surface area contributed by atoms with Gasteiger partial charge in [0.2, 0.25) is 0 Å². The van der Waals surface area contributed by atoms with Gasteiger partial charge in [-0.1, -0.05) is 0 Å². The van der Waals surface area contributed by atoms with Crippen molar-refractivity contribution in [1.82, 2.24) is 9.80 Å². The van der Waals surface area contributed by atoms with Gasteiger partial charge in [-0.3, -0.25) is 9.69 Å². The standard InChI is InChI=1S/C14H26N2O3/c1-15-5-3-12(4-6-15)13(14(17)18-2)11-16-7-9-19-10-8-16/h12-13H,3-11H2,1-2H3. The SMILES string of the molecule is COC(=O)C(CN1CCOCC1)C1CCN(C)CC1. The molecule has 5 nitrogen and oxygen atoms in total. The maximum atomic E-state index is 12.1. The third-order valence-electron chi connectivity index (χ3n) is 4.39. The van der Waals surface area contributed by atoms with Crippen molar-refractivity contribution in [3.05, 3.63) is 0 Å². The van der Waals surface area contributed by atoms with Gasteiger partial charge in [-0.25, -0.2) is 0 Å². The van der Waals surface area contributed by atoms with E-state index < -0.39 is 0 Å². The molecule has 2 heterocycles. The largest absolute Gasteiger partial charge is 0.469 e. The molecule has 0 radical (unpaired) electrons. The molecule has 2 aliphatic rings. The number of carbonyl (C=O) groups is 1. The van der Waals surface area contributed by atoms with Gasteiger partial charge < -0.3 is 14.4 Å². The number of nitrogens with zero attached hydrogens (tertiary/aromatic N) is 2. The number of esters is 1. The van der Waals surface area contributed by atoms with Crippen LogP contribution in [0.2, 0.25) is 0 Å². The fourth-order valence-corrected chi connectivity index (χ4v) is 3.06. The molecule has 0 aromatic carbocycles. The molecule has 0 saturated carbocycles. The molecule has 1 atom stereocenters. The second-order valence-corrected chi connectivity index (χ2v) is 5.68. The van der Waals surface area contributed by atoms with E-state index in [0.717, 1.165) is 58.8 Å². The van der Waals surface area contributed by atoms with Gasteiger partial charge in [0.1, 0.15) is 0 Å². The summed E-state index contributed by atoms with van der Waals surface area (Å²) in [6, 6.07) is 0. The lowest BCUT2D eigenvalue weighted by Gasteiger charge is -2.36. The minimum absolute atomic E-state index is 0.0248. The average molecular weight is 270 g/mol. The van der Waals surface area contributed by atoms with Crippen LogP contribution in [0.4, 0.5) is 0 Å². The first-order valence-electron chi connectivity index (χ1n) is 7.27. The summed E-state index contributed by atoms with van der Waals surface area (Å²) in [5, 5.41) is 0. The third-order valence-corrected chi connectivity index (χ3v) is 4.39. The van der Waals surface area contributed by atoms with Crippen molar-refractivity contribution >= 4 is 5.97 Å². The zero-order valence-electron chi connectivity index (χ0n) is 12.1. The Bertz CT molecular complexity index is 284. The van der Waals surface area contributed by atoms with Crippen molar-refractivity contribution in [2.75, 3.05) is 60.1 Å². The number of likely N-dealkylation sites (tertiary alicyclic amines) is 1. The Labute approximate surface area is 115 Å². The second-order valence-electron chi connectivity index (χ2n) is 5.68. The molecule has 0 aromatic rings. The van der Waals surface area contributed by atoms with Gasteiger partial charge in [-0.05, 0) is 38.9 Å². The summed E-state index contributed by atoms with van der Waals surface area (Å²) < 4.78 is 10.4. The molecule has 5 heteroatoms. The Morgan fingerprint density at radius 1 is 1.26 bits per heavy atom. The Balaban J connectivity index is 1.92. The maximum Gasteiger partial charge on any atom is 0.310 e. The zero-order chi connectivity index (χ0) is 13.7. The van der Waals surface area contributed by atoms with Crippen LogP contribution < -0.4 is 0 Å². The highest BCUT2D eigenvalue weighted by Gasteiger charge is 2.33. The lowest BCUT2D eigenvalue weighted by atomic mass is 9.84. The van der Waals surface area contributed by atoms with E-state index in [0.29, 0.717) is 5.92 Å². The lowest BCUT2D eigenvalue weighted by Crippen LogP contribution is -2.45. The molecule has 2 aliphatic heterocycles. The molecule has 110 valence electrons. The lowest BCUT2D eigenvalue weighted by molar-refractivity contribution is -0.149. The summed E-state index contributed by atoms with van der Waals surface area (Å²) in [5.41, 5.74) is 0. The molecule has 19 heavy (non-hydrogen) atoms. The highest BCUT2D eigenvalue weighted by Crippen LogP contribution is 2.26. The number of ether oxygens (including phenoxy) is 2. The molecule has 0 amide bonds. The van der Waals surface area contributed by atoms with Gasteiger partial charge in [0, 0.05) is 19.6 Å². The molecule has 1 unspecified atom stereocenters. The number of methoxy groups -OCH3 is 1. The Morgan fingerprint density at radius 3 is 2.47 bits per heavy atom. The third kappa shape index (κ3) is 4.16. The topological polar surface area (TPSA) is 42.0 Å². The van der Waals surface area contributed by atoms with Crippen LogP contribution in [-0.2, 0) is 14.3 Å². The van der Waals surface area contributed by atoms with Crippen LogP contribution in [0.25, 0.3) is 0 Å². The summed E-state index contributed by atoms with van der Waals surface area (Å²) >= 11 is 0. The van der Waals surface area contributed by atoms with Crippen LogP contribution in [-0.4, -0.2) is 75.9 Å². The van der Waals surface area contributed by atoms with Crippen LogP contribution in [0.5, 0.6) is 0 Å². The minimum atomic E-state index is -0.0407. The van der Waals surface area contributed by atoms with E-state index in [4.69, 9.17) is 9.47 Å². The van der Waals surface area contributed by atoms with Crippen molar-refractivity contribution < 1.29 is 14.3 Å². The van der Waals surface area contributed by atoms with E-state index in [-0.39, 0.29) is 11.9 Å². The van der Waals surface area contributed by atoms with E-state index in [1.54, 1.807) is 0 Å². The molecule has 2 rings (SSSR count). The molecule has 2 fully saturated rings. The maximum absolute atomic E-state index is 12.1. The summed E-state index contributed by atoms with van der Waals surface area (Å²) in [5.74, 6) is 0.448. The van der Waals surface area contributed by atoms with Crippen LogP contribution in [0.15, 0.2) is 0 Å². The van der Waals surface area contributed by atoms with Crippen molar-refractivity contribution in [3.63, 3.8) is 0 Å². The molecule has 0 bridgehead atoms. The van der Waals surface area contributed by atoms with Gasteiger partial charge >= 0.3 is 5.97 Å². The quantitative estimate of drug-likeness (QED) is 0.694. The van der Waals surface area contributed by atoms with Crippen LogP contribution in [0.1, 0.15) is 12.8 Å². The van der Waals surface area contributed by atoms with Gasteiger partial charge in [0.25, 0.3) is 0 Å². The summed E-state index contributed by atoms with van der Waals surface area (Å²) in [6.07, 6.45) is 2.20. The summed E-state index contributed by atoms with van der Waals surface area (Å²) in [7, 11) is 3.65. The second kappa shape index (κ2) is 7.22. The number of hydrogen-bond donors (Lipinski definition) is 0. The highest BCUT2D eigenvalue weighted by molar-refractivity contribution is 5.73. The number of hydrogen-bond acceptors (Lipinski definition) is 5. The molecule has 0 aliphatic carbocycles. The summed E-state index contributed by atoms with van der Waals surface area (Å²) in [4.78, 5) is 16.7. The van der Waals surface area contributed by atoms with Gasteiger partial charge in [-0.15, -0.1) is 0 Å². The van der Waals surface area contributed by atoms with Gasteiger partial charge in [-0.2, -0.15) is 0 Å². The molecular weight excluding hydrogens is 244 g/mol. The highest BCUT2D eigenvalue weighted by atomic mass is 16.5. The number of rotatable bonds is 4. The molecular formula is C14H26N2O3. The number of morpholine rings is 1. The van der Waals surface area contributed by atoms with E-state index >= 15 is 0 Å². The van der Waals surface area contributed by atoms with E-state index in [2.05, 4.69) is 16.8 Å². The van der Waals surface area contributed by atoms with Crippen LogP contribution in [0.3, 0.4) is 0 Å². The first kappa shape index (κ1) is 14.8. The fraction of sp³-hybridized carbons (Fsp3) is 0.929. The monoisotopic (exact) mass is 270 g/mol. The average Bonchev–Trinajstić information content (AvgIpc) is 2.46. The predicted molar refractivity (Wildman–Crippen MR) is 73.0 cm³/mol. The number of carbonyl (C=O) groups excluding carboxylic acids is 1. The van der Waals surface area contributed by atoms with Crippen molar-refractivity contribution in [3.8, 4) is 0 Å². The first-order chi connectivity index (χ1) is 9.20. The fourth-order valence-electron chi connectivity index (χ4n) is 3.06. The summed E-state index contributed by atoms with van der Waals surface area (Å²) in [6.45, 7) is 6.41. The molecule has 0 N–H and O–H groups in total. The smallest absolute Gasteiger partial charge is 0.310 e. The van der Waals surface area contributed by atoms with Crippen LogP contribution in [0, 0.1) is 11.8 Å². The normalized spacial score (nSPS) is 25.2.